The highest BCUT2D eigenvalue weighted by Gasteiger charge is 2.23. The lowest BCUT2D eigenvalue weighted by Crippen LogP contribution is -2.49. The number of carbonyl (C=O) groups is 1. The van der Waals surface area contributed by atoms with Gasteiger partial charge in [0.1, 0.15) is 5.75 Å². The van der Waals surface area contributed by atoms with Gasteiger partial charge in [0, 0.05) is 43.9 Å². The third kappa shape index (κ3) is 4.77. The van der Waals surface area contributed by atoms with Crippen molar-refractivity contribution in [3.63, 3.8) is 0 Å². The summed E-state index contributed by atoms with van der Waals surface area (Å²) in [4.78, 5) is 16.8. The molecule has 1 aliphatic heterocycles. The number of anilines is 1. The van der Waals surface area contributed by atoms with Crippen LogP contribution in [0.4, 0.5) is 5.69 Å². The van der Waals surface area contributed by atoms with Gasteiger partial charge >= 0.3 is 0 Å². The van der Waals surface area contributed by atoms with Crippen molar-refractivity contribution in [2.24, 2.45) is 0 Å². The van der Waals surface area contributed by atoms with Gasteiger partial charge in [0.2, 0.25) is 0 Å². The molecule has 2 aromatic rings. The Morgan fingerprint density at radius 1 is 1.04 bits per heavy atom. The number of rotatable bonds is 7. The zero-order chi connectivity index (χ0) is 18.4. The number of nitrogens with zero attached hydrogens (tertiary/aromatic N) is 2. The van der Waals surface area contributed by atoms with Crippen LogP contribution in [0.5, 0.6) is 5.75 Å². The maximum Gasteiger partial charge on any atom is 0.162 e. The van der Waals surface area contributed by atoms with E-state index in [2.05, 4.69) is 21.9 Å². The molecule has 1 heterocycles. The van der Waals surface area contributed by atoms with Crippen molar-refractivity contribution in [3.05, 3.63) is 60.2 Å². The molecule has 138 valence electrons. The Hall–Kier alpha value is -2.04. The maximum atomic E-state index is 12.2. The first-order valence-electron chi connectivity index (χ1n) is 9.03. The number of ketones is 1. The summed E-state index contributed by atoms with van der Waals surface area (Å²) in [7, 11) is 1.68. The molecule has 5 heteroatoms. The molecule has 0 spiro atoms. The van der Waals surface area contributed by atoms with E-state index in [0.717, 1.165) is 37.5 Å². The van der Waals surface area contributed by atoms with Gasteiger partial charge < -0.3 is 9.64 Å². The second-order valence-electron chi connectivity index (χ2n) is 6.48. The Morgan fingerprint density at radius 2 is 1.69 bits per heavy atom. The minimum absolute atomic E-state index is 0.0966. The zero-order valence-corrected chi connectivity index (χ0v) is 15.9. The quantitative estimate of drug-likeness (QED) is 0.417. The maximum absolute atomic E-state index is 12.2. The van der Waals surface area contributed by atoms with E-state index >= 15 is 0 Å². The number of piperazine rings is 1. The molecule has 1 aliphatic rings. The SMILES string of the molecule is COc1ccc(N2CCN(C(Cl)CCC(=O)c3ccccc3)CC2)cc1. The van der Waals surface area contributed by atoms with Crippen molar-refractivity contribution >= 4 is 23.1 Å². The van der Waals surface area contributed by atoms with E-state index in [1.165, 1.54) is 5.69 Å². The molecule has 0 N–H and O–H groups in total. The second kappa shape index (κ2) is 9.06. The topological polar surface area (TPSA) is 32.8 Å². The predicted octanol–water partition coefficient (Wildman–Crippen LogP) is 4.05. The molecule has 1 unspecified atom stereocenters. The van der Waals surface area contributed by atoms with Crippen molar-refractivity contribution < 1.29 is 9.53 Å². The first-order valence-corrected chi connectivity index (χ1v) is 9.46. The number of methoxy groups -OCH3 is 1. The Labute approximate surface area is 160 Å². The molecule has 4 nitrogen and oxygen atoms in total. The Balaban J connectivity index is 1.45. The number of carbonyl (C=O) groups excluding carboxylic acids is 1. The summed E-state index contributed by atoms with van der Waals surface area (Å²) in [6.07, 6.45) is 1.16. The van der Waals surface area contributed by atoms with E-state index in [0.29, 0.717) is 12.8 Å². The average molecular weight is 373 g/mol. The number of ether oxygens (including phenoxy) is 1. The highest BCUT2D eigenvalue weighted by atomic mass is 35.5. The summed E-state index contributed by atoms with van der Waals surface area (Å²) < 4.78 is 5.21. The smallest absolute Gasteiger partial charge is 0.162 e. The van der Waals surface area contributed by atoms with Gasteiger partial charge in [-0.15, -0.1) is 11.6 Å². The van der Waals surface area contributed by atoms with Crippen molar-refractivity contribution in [1.29, 1.82) is 0 Å². The third-order valence-electron chi connectivity index (χ3n) is 4.85. The van der Waals surface area contributed by atoms with Gasteiger partial charge in [-0.05, 0) is 30.7 Å². The van der Waals surface area contributed by atoms with Crippen molar-refractivity contribution in [3.8, 4) is 5.75 Å². The van der Waals surface area contributed by atoms with Gasteiger partial charge in [0.15, 0.2) is 5.78 Å². The molecule has 1 saturated heterocycles. The highest BCUT2D eigenvalue weighted by molar-refractivity contribution is 6.20. The van der Waals surface area contributed by atoms with Crippen LogP contribution in [0.3, 0.4) is 0 Å². The third-order valence-corrected chi connectivity index (χ3v) is 5.35. The number of benzene rings is 2. The molecule has 0 radical (unpaired) electrons. The summed E-state index contributed by atoms with van der Waals surface area (Å²) in [5.41, 5.74) is 1.87. The Kier molecular flexibility index (Phi) is 6.53. The largest absolute Gasteiger partial charge is 0.497 e. The molecule has 1 atom stereocenters. The van der Waals surface area contributed by atoms with Crippen molar-refractivity contribution in [2.45, 2.75) is 18.3 Å². The van der Waals surface area contributed by atoms with Gasteiger partial charge in [0.25, 0.3) is 0 Å². The fourth-order valence-corrected chi connectivity index (χ4v) is 3.56. The standard InChI is InChI=1S/C21H25ClN2O2/c1-26-19-9-7-18(8-10-19)23-13-15-24(16-14-23)21(22)12-11-20(25)17-5-3-2-4-6-17/h2-10,21H,11-16H2,1H3. The highest BCUT2D eigenvalue weighted by Crippen LogP contribution is 2.22. The molecule has 26 heavy (non-hydrogen) atoms. The molecule has 0 saturated carbocycles. The zero-order valence-electron chi connectivity index (χ0n) is 15.1. The molecule has 0 amide bonds. The van der Waals surface area contributed by atoms with Crippen LogP contribution in [-0.2, 0) is 0 Å². The summed E-state index contributed by atoms with van der Waals surface area (Å²) in [5, 5.41) is 0. The van der Waals surface area contributed by atoms with E-state index in [1.54, 1.807) is 7.11 Å². The van der Waals surface area contributed by atoms with Crippen LogP contribution >= 0.6 is 11.6 Å². The first-order chi connectivity index (χ1) is 12.7. The van der Waals surface area contributed by atoms with Crippen molar-refractivity contribution in [2.75, 3.05) is 38.2 Å². The van der Waals surface area contributed by atoms with E-state index in [9.17, 15) is 4.79 Å². The van der Waals surface area contributed by atoms with Crippen LogP contribution in [-0.4, -0.2) is 49.5 Å². The normalized spacial score (nSPS) is 16.3. The van der Waals surface area contributed by atoms with Crippen LogP contribution < -0.4 is 9.64 Å². The Bertz CT molecular complexity index is 698. The fourth-order valence-electron chi connectivity index (χ4n) is 3.25. The lowest BCUT2D eigenvalue weighted by Gasteiger charge is -2.38. The molecule has 0 bridgehead atoms. The molecule has 0 aromatic heterocycles. The van der Waals surface area contributed by atoms with Crippen molar-refractivity contribution in [1.82, 2.24) is 4.90 Å². The molecule has 2 aromatic carbocycles. The van der Waals surface area contributed by atoms with Crippen LogP contribution in [0.25, 0.3) is 0 Å². The number of halogens is 1. The molecule has 3 rings (SSSR count). The predicted molar refractivity (Wildman–Crippen MR) is 106 cm³/mol. The van der Waals surface area contributed by atoms with Gasteiger partial charge in [-0.3, -0.25) is 9.69 Å². The van der Waals surface area contributed by atoms with Gasteiger partial charge in [-0.2, -0.15) is 0 Å². The molecular formula is C21H25ClN2O2. The monoisotopic (exact) mass is 372 g/mol. The van der Waals surface area contributed by atoms with E-state index in [1.807, 2.05) is 42.5 Å². The minimum atomic E-state index is -0.0966. The van der Waals surface area contributed by atoms with Crippen LogP contribution in [0.2, 0.25) is 0 Å². The number of alkyl halides is 1. The lowest BCUT2D eigenvalue weighted by atomic mass is 10.1. The minimum Gasteiger partial charge on any atom is -0.497 e. The fraction of sp³-hybridized carbons (Fsp3) is 0.381. The summed E-state index contributed by atoms with van der Waals surface area (Å²) >= 11 is 6.56. The molecule has 0 aliphatic carbocycles. The average Bonchev–Trinajstić information content (AvgIpc) is 2.72. The van der Waals surface area contributed by atoms with Gasteiger partial charge in [0.05, 0.1) is 12.6 Å². The summed E-state index contributed by atoms with van der Waals surface area (Å²) in [6.45, 7) is 3.67. The number of hydrogen-bond donors (Lipinski definition) is 0. The van der Waals surface area contributed by atoms with Gasteiger partial charge in [-0.25, -0.2) is 0 Å². The van der Waals surface area contributed by atoms with E-state index < -0.39 is 0 Å². The van der Waals surface area contributed by atoms with E-state index in [-0.39, 0.29) is 11.3 Å². The molecule has 1 fully saturated rings. The first kappa shape index (κ1) is 18.7. The second-order valence-corrected chi connectivity index (χ2v) is 6.99. The lowest BCUT2D eigenvalue weighted by molar-refractivity contribution is 0.0970. The van der Waals surface area contributed by atoms with Crippen LogP contribution in [0.1, 0.15) is 23.2 Å². The van der Waals surface area contributed by atoms with Crippen LogP contribution in [0.15, 0.2) is 54.6 Å². The van der Waals surface area contributed by atoms with Crippen LogP contribution in [0, 0.1) is 0 Å². The van der Waals surface area contributed by atoms with E-state index in [4.69, 9.17) is 16.3 Å². The summed E-state index contributed by atoms with van der Waals surface area (Å²) in [5.74, 6) is 1.03. The number of hydrogen-bond acceptors (Lipinski definition) is 4. The number of Topliss-reactive ketones (excluding diaryl/α,β-unsaturated/α-hetero) is 1. The summed E-state index contributed by atoms with van der Waals surface area (Å²) in [6, 6.07) is 17.6. The van der Waals surface area contributed by atoms with Gasteiger partial charge in [-0.1, -0.05) is 30.3 Å². The molecular weight excluding hydrogens is 348 g/mol. The Morgan fingerprint density at radius 3 is 2.31 bits per heavy atom.